The van der Waals surface area contributed by atoms with Gasteiger partial charge in [0.15, 0.2) is 0 Å². The Kier molecular flexibility index (Phi) is 7.23. The third-order valence-electron chi connectivity index (χ3n) is 4.30. The average Bonchev–Trinajstić information content (AvgIpc) is 2.86. The average molecular weight is 416 g/mol. The molecule has 0 saturated carbocycles. The van der Waals surface area contributed by atoms with Gasteiger partial charge in [-0.3, -0.25) is 13.8 Å². The van der Waals surface area contributed by atoms with E-state index in [0.717, 1.165) is 34.1 Å². The molecule has 0 spiro atoms. The van der Waals surface area contributed by atoms with Gasteiger partial charge in [0.05, 0.1) is 6.42 Å². The summed E-state index contributed by atoms with van der Waals surface area (Å²) < 4.78 is 25.1. The molecule has 2 aromatic rings. The first-order chi connectivity index (χ1) is 13.6. The van der Waals surface area contributed by atoms with E-state index in [-0.39, 0.29) is 12.2 Å². The predicted octanol–water partition coefficient (Wildman–Crippen LogP) is 4.46. The van der Waals surface area contributed by atoms with Gasteiger partial charge in [0.2, 0.25) is 0 Å². The van der Waals surface area contributed by atoms with E-state index in [1.54, 1.807) is 24.5 Å². The van der Waals surface area contributed by atoms with Crippen molar-refractivity contribution < 1.29 is 28.4 Å². The van der Waals surface area contributed by atoms with Crippen molar-refractivity contribution in [3.8, 4) is 0 Å². The Balaban J connectivity index is 0.000000687. The lowest BCUT2D eigenvalue weighted by Crippen LogP contribution is -1.97. The monoisotopic (exact) mass is 416 g/mol. The summed E-state index contributed by atoms with van der Waals surface area (Å²) in [5.74, 6) is -2.16. The van der Waals surface area contributed by atoms with Crippen LogP contribution in [0.1, 0.15) is 37.0 Å². The second-order valence-corrected chi connectivity index (χ2v) is 7.84. The Morgan fingerprint density at radius 1 is 1.07 bits per heavy atom. The summed E-state index contributed by atoms with van der Waals surface area (Å²) in [4.78, 5) is 20.9. The molecule has 152 valence electrons. The van der Waals surface area contributed by atoms with E-state index >= 15 is 0 Å². The second-order valence-electron chi connectivity index (χ2n) is 6.46. The van der Waals surface area contributed by atoms with Gasteiger partial charge in [0, 0.05) is 28.9 Å². The Hall–Kier alpha value is -3.06. The third kappa shape index (κ3) is 5.71. The molecule has 0 aliphatic heterocycles. The second kappa shape index (κ2) is 9.43. The van der Waals surface area contributed by atoms with E-state index in [0.29, 0.717) is 11.1 Å². The van der Waals surface area contributed by atoms with Crippen molar-refractivity contribution in [1.82, 2.24) is 0 Å². The lowest BCUT2D eigenvalue weighted by atomic mass is 10.0. The molecule has 29 heavy (non-hydrogen) atoms. The van der Waals surface area contributed by atoms with Crippen LogP contribution in [0.5, 0.6) is 0 Å². The van der Waals surface area contributed by atoms with Gasteiger partial charge in [-0.15, -0.1) is 0 Å². The molecule has 0 heterocycles. The molecule has 0 aromatic heterocycles. The molecule has 5 nitrogen and oxygen atoms in total. The summed E-state index contributed by atoms with van der Waals surface area (Å²) in [7, 11) is -1.04. The summed E-state index contributed by atoms with van der Waals surface area (Å²) >= 11 is 0. The molecule has 0 amide bonds. The van der Waals surface area contributed by atoms with E-state index in [2.05, 4.69) is 0 Å². The van der Waals surface area contributed by atoms with E-state index in [1.165, 1.54) is 12.1 Å². The lowest BCUT2D eigenvalue weighted by Gasteiger charge is -2.05. The maximum absolute atomic E-state index is 13.7. The van der Waals surface area contributed by atoms with Crippen LogP contribution < -0.4 is 0 Å². The molecule has 1 unspecified atom stereocenters. The van der Waals surface area contributed by atoms with Gasteiger partial charge in [-0.25, -0.2) is 4.39 Å². The summed E-state index contributed by atoms with van der Waals surface area (Å²) in [5, 5.41) is 16.6. The van der Waals surface area contributed by atoms with Gasteiger partial charge >= 0.3 is 5.97 Å². The van der Waals surface area contributed by atoms with Crippen LogP contribution in [0.25, 0.3) is 17.2 Å². The van der Waals surface area contributed by atoms with Crippen molar-refractivity contribution in [2.45, 2.75) is 25.2 Å². The highest BCUT2D eigenvalue weighted by Gasteiger charge is 2.25. The fourth-order valence-electron chi connectivity index (χ4n) is 3.05. The standard InChI is InChI=1S/C20H17FO3S.C2H4O2/c1-12-17(9-13-3-6-15(7-4-13)25(2)24)16-8-5-14(21)10-19(16)18(12)11-20(22)23;1-2(3)4/h3-10H,11H2,1-2H3,(H,22,23);1H3,(H,3,4)/b17-9-;. The predicted molar refractivity (Wildman–Crippen MR) is 111 cm³/mol. The number of halogens is 1. The largest absolute Gasteiger partial charge is 0.481 e. The smallest absolute Gasteiger partial charge is 0.307 e. The highest BCUT2D eigenvalue weighted by Crippen LogP contribution is 2.43. The first kappa shape index (κ1) is 22.2. The van der Waals surface area contributed by atoms with Crippen LogP contribution in [-0.4, -0.2) is 32.6 Å². The molecule has 0 bridgehead atoms. The van der Waals surface area contributed by atoms with Crippen molar-refractivity contribution in [2.75, 3.05) is 6.26 Å². The molecule has 0 radical (unpaired) electrons. The zero-order valence-corrected chi connectivity index (χ0v) is 17.0. The van der Waals surface area contributed by atoms with Crippen LogP contribution in [0.15, 0.2) is 52.9 Å². The van der Waals surface area contributed by atoms with Crippen molar-refractivity contribution in [1.29, 1.82) is 0 Å². The van der Waals surface area contributed by atoms with E-state index < -0.39 is 22.7 Å². The minimum absolute atomic E-state index is 0.145. The van der Waals surface area contributed by atoms with Gasteiger partial charge in [0.1, 0.15) is 5.82 Å². The van der Waals surface area contributed by atoms with Crippen molar-refractivity contribution in [3.05, 3.63) is 70.5 Å². The van der Waals surface area contributed by atoms with Crippen molar-refractivity contribution in [2.24, 2.45) is 0 Å². The maximum atomic E-state index is 13.7. The van der Waals surface area contributed by atoms with Crippen LogP contribution in [-0.2, 0) is 20.4 Å². The molecule has 0 fully saturated rings. The zero-order chi connectivity index (χ0) is 21.7. The number of hydrogen-bond acceptors (Lipinski definition) is 3. The maximum Gasteiger partial charge on any atom is 0.307 e. The fourth-order valence-corrected chi connectivity index (χ4v) is 3.57. The van der Waals surface area contributed by atoms with Gasteiger partial charge in [-0.2, -0.15) is 0 Å². The van der Waals surface area contributed by atoms with Crippen LogP contribution in [0, 0.1) is 5.82 Å². The van der Waals surface area contributed by atoms with Crippen LogP contribution in [0.3, 0.4) is 0 Å². The summed E-state index contributed by atoms with van der Waals surface area (Å²) in [6.45, 7) is 2.94. The lowest BCUT2D eigenvalue weighted by molar-refractivity contribution is -0.136. The molecule has 1 atom stereocenters. The highest BCUT2D eigenvalue weighted by molar-refractivity contribution is 7.84. The first-order valence-electron chi connectivity index (χ1n) is 8.67. The molecule has 1 aliphatic rings. The van der Waals surface area contributed by atoms with Gasteiger partial charge in [0.25, 0.3) is 5.97 Å². The number of rotatable bonds is 4. The zero-order valence-electron chi connectivity index (χ0n) is 16.2. The summed E-state index contributed by atoms with van der Waals surface area (Å²) in [5.41, 5.74) is 4.74. The fraction of sp³-hybridized carbons (Fsp3) is 0.182. The number of aliphatic carboxylic acids is 2. The molecular weight excluding hydrogens is 395 g/mol. The van der Waals surface area contributed by atoms with Crippen molar-refractivity contribution in [3.63, 3.8) is 0 Å². The Labute approximate surface area is 170 Å². The minimum atomic E-state index is -1.04. The quantitative estimate of drug-likeness (QED) is 0.768. The molecule has 3 rings (SSSR count). The van der Waals surface area contributed by atoms with Gasteiger partial charge in [-0.1, -0.05) is 18.2 Å². The SMILES string of the molecule is CC(=O)O.CC1=C(CC(=O)O)c2cc(F)ccc2/C1=C\c1ccc(S(C)=O)cc1. The molecular formula is C22H21FO5S. The van der Waals surface area contributed by atoms with E-state index in [1.807, 2.05) is 25.1 Å². The Morgan fingerprint density at radius 3 is 2.17 bits per heavy atom. The van der Waals surface area contributed by atoms with Gasteiger partial charge < -0.3 is 10.2 Å². The number of carboxylic acid groups (broad SMARTS) is 2. The summed E-state index contributed by atoms with van der Waals surface area (Å²) in [6.07, 6.45) is 3.43. The number of benzene rings is 2. The van der Waals surface area contributed by atoms with E-state index in [9.17, 15) is 13.4 Å². The molecule has 2 N–H and O–H groups in total. The number of hydrogen-bond donors (Lipinski definition) is 2. The minimum Gasteiger partial charge on any atom is -0.481 e. The molecule has 1 aliphatic carbocycles. The topological polar surface area (TPSA) is 91.7 Å². The van der Waals surface area contributed by atoms with E-state index in [4.69, 9.17) is 15.0 Å². The summed E-state index contributed by atoms with van der Waals surface area (Å²) in [6, 6.07) is 11.8. The first-order valence-corrected chi connectivity index (χ1v) is 10.2. The molecule has 7 heteroatoms. The Bertz CT molecular complexity index is 1030. The van der Waals surface area contributed by atoms with Crippen molar-refractivity contribution >= 4 is 40.0 Å². The number of allylic oxidation sites excluding steroid dienone is 2. The highest BCUT2D eigenvalue weighted by atomic mass is 32.2. The van der Waals surface area contributed by atoms with Crippen LogP contribution in [0.2, 0.25) is 0 Å². The molecule has 0 saturated heterocycles. The number of carboxylic acids is 2. The van der Waals surface area contributed by atoms with Gasteiger partial charge in [-0.05, 0) is 70.7 Å². The normalized spacial score (nSPS) is 14.8. The molecule has 2 aromatic carbocycles. The van der Waals surface area contributed by atoms with Crippen LogP contribution in [0.4, 0.5) is 4.39 Å². The van der Waals surface area contributed by atoms with Crippen LogP contribution >= 0.6 is 0 Å². The third-order valence-corrected chi connectivity index (χ3v) is 5.24. The number of carbonyl (C=O) groups is 2. The number of fused-ring (bicyclic) bond motifs is 1. The Morgan fingerprint density at radius 2 is 1.66 bits per heavy atom.